The number of carbonyl (C=O) groups excluding carboxylic acids is 1. The fourth-order valence-electron chi connectivity index (χ4n) is 0.768. The summed E-state index contributed by atoms with van der Waals surface area (Å²) in [6.45, 7) is 0. The van der Waals surface area contributed by atoms with Crippen molar-refractivity contribution in [2.24, 2.45) is 0 Å². The fraction of sp³-hybridized carbons (Fsp3) is 0.200. The second kappa shape index (κ2) is 7.10. The molecule has 0 saturated carbocycles. The van der Waals surface area contributed by atoms with Gasteiger partial charge in [-0.05, 0) is 18.2 Å². The van der Waals surface area contributed by atoms with Crippen LogP contribution in [0.5, 0.6) is 11.5 Å². The molecule has 0 heterocycles. The Morgan fingerprint density at radius 1 is 1.38 bits per heavy atom. The first-order chi connectivity index (χ1) is 7.54. The molecule has 0 aliphatic heterocycles. The van der Waals surface area contributed by atoms with Gasteiger partial charge in [-0.3, -0.25) is 4.79 Å². The molecule has 88 valence electrons. The molecule has 1 aromatic rings. The number of phenols is 1. The Bertz CT molecular complexity index is 360. The van der Waals surface area contributed by atoms with Crippen molar-refractivity contribution in [3.8, 4) is 11.5 Å². The highest BCUT2D eigenvalue weighted by molar-refractivity contribution is 5.76. The number of phenolic OH excluding ortho intramolecular Hbond substituents is 1. The molecule has 0 atom stereocenters. The van der Waals surface area contributed by atoms with Crippen molar-refractivity contribution < 1.29 is 29.3 Å². The summed E-state index contributed by atoms with van der Waals surface area (Å²) in [4.78, 5) is 19.4. The zero-order valence-corrected chi connectivity index (χ0v) is 8.84. The third-order valence-electron chi connectivity index (χ3n) is 1.51. The minimum absolute atomic E-state index is 0.0399. The molecule has 1 aromatic carbocycles. The molecule has 6 heteroatoms. The predicted octanol–water partition coefficient (Wildman–Crippen LogP) is 1.52. The summed E-state index contributed by atoms with van der Waals surface area (Å²) in [5.41, 5.74) is 0.486. The Morgan fingerprint density at radius 2 is 1.94 bits per heavy atom. The summed E-state index contributed by atoms with van der Waals surface area (Å²) in [6.07, 6.45) is -0.549. The number of hydrogen-bond donors (Lipinski definition) is 2. The van der Waals surface area contributed by atoms with Crippen molar-refractivity contribution in [2.45, 2.75) is 0 Å². The molecule has 0 spiro atoms. The van der Waals surface area contributed by atoms with Gasteiger partial charge in [-0.15, -0.1) is 0 Å². The van der Waals surface area contributed by atoms with Gasteiger partial charge >= 0.3 is 6.16 Å². The molecule has 1 rings (SSSR count). The minimum Gasteiger partial charge on any atom is -0.504 e. The second-order valence-corrected chi connectivity index (χ2v) is 2.52. The zero-order chi connectivity index (χ0) is 12.6. The SMILES string of the molecule is COC(=O)O.COc1cc(C=O)ccc1O. The van der Waals surface area contributed by atoms with Crippen LogP contribution in [0.25, 0.3) is 0 Å². The standard InChI is InChI=1S/C8H8O3.C2H4O3/c1-11-8-4-6(5-9)2-3-7(8)10;1-5-2(3)4/h2-5,10H,1H3;1H3,(H,3,4). The van der Waals surface area contributed by atoms with Crippen LogP contribution < -0.4 is 4.74 Å². The van der Waals surface area contributed by atoms with Crippen LogP contribution >= 0.6 is 0 Å². The molecule has 0 aromatic heterocycles. The van der Waals surface area contributed by atoms with Crippen LogP contribution in [0.2, 0.25) is 0 Å². The highest BCUT2D eigenvalue weighted by Gasteiger charge is 2.00. The van der Waals surface area contributed by atoms with Crippen LogP contribution in [0.1, 0.15) is 10.4 Å². The Morgan fingerprint density at radius 3 is 2.31 bits per heavy atom. The van der Waals surface area contributed by atoms with Gasteiger partial charge in [0, 0.05) is 5.56 Å². The van der Waals surface area contributed by atoms with E-state index in [1.165, 1.54) is 25.3 Å². The Labute approximate surface area is 92.0 Å². The van der Waals surface area contributed by atoms with Gasteiger partial charge in [-0.25, -0.2) is 4.79 Å². The number of aldehydes is 1. The lowest BCUT2D eigenvalue weighted by molar-refractivity contribution is 0.111. The highest BCUT2D eigenvalue weighted by Crippen LogP contribution is 2.25. The Hall–Kier alpha value is -2.24. The van der Waals surface area contributed by atoms with Gasteiger partial charge in [0.15, 0.2) is 11.5 Å². The normalized spacial score (nSPS) is 8.38. The molecule has 16 heavy (non-hydrogen) atoms. The van der Waals surface area contributed by atoms with Gasteiger partial charge in [0.1, 0.15) is 6.29 Å². The molecule has 6 nitrogen and oxygen atoms in total. The molecule has 0 unspecified atom stereocenters. The highest BCUT2D eigenvalue weighted by atomic mass is 16.6. The van der Waals surface area contributed by atoms with Crippen molar-refractivity contribution in [3.05, 3.63) is 23.8 Å². The molecule has 0 radical (unpaired) electrons. The van der Waals surface area contributed by atoms with E-state index >= 15 is 0 Å². The van der Waals surface area contributed by atoms with Crippen LogP contribution in [0.4, 0.5) is 4.79 Å². The van der Waals surface area contributed by atoms with E-state index in [4.69, 9.17) is 19.7 Å². The van der Waals surface area contributed by atoms with Gasteiger partial charge < -0.3 is 19.7 Å². The third kappa shape index (κ3) is 4.85. The Kier molecular flexibility index (Phi) is 6.11. The summed E-state index contributed by atoms with van der Waals surface area (Å²) in [7, 11) is 2.53. The first-order valence-electron chi connectivity index (χ1n) is 4.14. The van der Waals surface area contributed by atoms with Crippen LogP contribution in [0, 0.1) is 0 Å². The van der Waals surface area contributed by atoms with Gasteiger partial charge in [0.2, 0.25) is 0 Å². The molecule has 0 aliphatic rings. The maximum atomic E-state index is 10.2. The topological polar surface area (TPSA) is 93.1 Å². The number of carbonyl (C=O) groups is 2. The maximum absolute atomic E-state index is 10.2. The van der Waals surface area contributed by atoms with Crippen LogP contribution in [-0.4, -0.2) is 36.9 Å². The summed E-state index contributed by atoms with van der Waals surface area (Å²) < 4.78 is 8.45. The van der Waals surface area contributed by atoms with Crippen LogP contribution in [0.15, 0.2) is 18.2 Å². The predicted molar refractivity (Wildman–Crippen MR) is 55.1 cm³/mol. The van der Waals surface area contributed by atoms with Gasteiger partial charge in [-0.1, -0.05) is 0 Å². The largest absolute Gasteiger partial charge is 0.505 e. The molecule has 0 bridgehead atoms. The maximum Gasteiger partial charge on any atom is 0.505 e. The van der Waals surface area contributed by atoms with Crippen LogP contribution in [-0.2, 0) is 4.74 Å². The summed E-state index contributed by atoms with van der Waals surface area (Å²) in [5, 5.41) is 16.6. The van der Waals surface area contributed by atoms with E-state index in [9.17, 15) is 4.79 Å². The summed E-state index contributed by atoms with van der Waals surface area (Å²) in [5.74, 6) is 0.354. The van der Waals surface area contributed by atoms with Crippen LogP contribution in [0.3, 0.4) is 0 Å². The Balaban J connectivity index is 0.000000385. The molecule has 0 saturated heterocycles. The average molecular weight is 228 g/mol. The van der Waals surface area contributed by atoms with Crippen molar-refractivity contribution in [2.75, 3.05) is 14.2 Å². The number of ether oxygens (including phenoxy) is 2. The number of methoxy groups -OCH3 is 2. The van der Waals surface area contributed by atoms with Crippen molar-refractivity contribution >= 4 is 12.4 Å². The lowest BCUT2D eigenvalue weighted by Crippen LogP contribution is -1.91. The molecule has 0 fully saturated rings. The van der Waals surface area contributed by atoms with E-state index in [0.29, 0.717) is 17.6 Å². The molecule has 2 N–H and O–H groups in total. The van der Waals surface area contributed by atoms with E-state index in [-0.39, 0.29) is 5.75 Å². The van der Waals surface area contributed by atoms with Crippen molar-refractivity contribution in [3.63, 3.8) is 0 Å². The number of hydrogen-bond acceptors (Lipinski definition) is 5. The average Bonchev–Trinajstić information content (AvgIpc) is 2.30. The number of benzene rings is 1. The van der Waals surface area contributed by atoms with E-state index in [0.717, 1.165) is 7.11 Å². The van der Waals surface area contributed by atoms with Crippen molar-refractivity contribution in [1.82, 2.24) is 0 Å². The quantitative estimate of drug-likeness (QED) is 0.588. The molecule has 0 amide bonds. The zero-order valence-electron chi connectivity index (χ0n) is 8.84. The molecular weight excluding hydrogens is 216 g/mol. The number of aromatic hydroxyl groups is 1. The van der Waals surface area contributed by atoms with Gasteiger partial charge in [-0.2, -0.15) is 0 Å². The van der Waals surface area contributed by atoms with Gasteiger partial charge in [0.05, 0.1) is 14.2 Å². The monoisotopic (exact) mass is 228 g/mol. The first-order valence-corrected chi connectivity index (χ1v) is 4.14. The fourth-order valence-corrected chi connectivity index (χ4v) is 0.768. The molecule has 0 aliphatic carbocycles. The lowest BCUT2D eigenvalue weighted by Gasteiger charge is -2.01. The second-order valence-electron chi connectivity index (χ2n) is 2.52. The van der Waals surface area contributed by atoms with E-state index in [1.807, 2.05) is 0 Å². The first kappa shape index (κ1) is 13.8. The number of carboxylic acid groups (broad SMARTS) is 1. The number of rotatable bonds is 2. The smallest absolute Gasteiger partial charge is 0.504 e. The summed E-state index contributed by atoms with van der Waals surface area (Å²) >= 11 is 0. The van der Waals surface area contributed by atoms with E-state index in [1.54, 1.807) is 0 Å². The van der Waals surface area contributed by atoms with E-state index < -0.39 is 6.16 Å². The molecular formula is C10H12O6. The minimum atomic E-state index is -1.25. The van der Waals surface area contributed by atoms with Gasteiger partial charge in [0.25, 0.3) is 0 Å². The summed E-state index contributed by atoms with van der Waals surface area (Å²) in [6, 6.07) is 4.41. The third-order valence-corrected chi connectivity index (χ3v) is 1.51. The lowest BCUT2D eigenvalue weighted by atomic mass is 10.2. The van der Waals surface area contributed by atoms with Crippen molar-refractivity contribution in [1.29, 1.82) is 0 Å². The van der Waals surface area contributed by atoms with E-state index in [2.05, 4.69) is 4.74 Å².